The topological polar surface area (TPSA) is 23.6 Å². The van der Waals surface area contributed by atoms with Crippen LogP contribution in [0.4, 0.5) is 5.69 Å². The lowest BCUT2D eigenvalue weighted by Crippen LogP contribution is -2.40. The van der Waals surface area contributed by atoms with E-state index in [1.165, 1.54) is 23.4 Å². The first-order valence-electron chi connectivity index (χ1n) is 7.82. The van der Waals surface area contributed by atoms with E-state index in [0.29, 0.717) is 17.7 Å². The summed E-state index contributed by atoms with van der Waals surface area (Å²) in [6.45, 7) is 9.78. The molecule has 4 heteroatoms. The van der Waals surface area contributed by atoms with E-state index in [9.17, 15) is 4.79 Å². The lowest BCUT2D eigenvalue weighted by Gasteiger charge is -2.31. The summed E-state index contributed by atoms with van der Waals surface area (Å²) in [7, 11) is 0. The van der Waals surface area contributed by atoms with Gasteiger partial charge in [0.05, 0.1) is 11.4 Å². The van der Waals surface area contributed by atoms with E-state index in [0.717, 1.165) is 18.8 Å². The maximum absolute atomic E-state index is 12.3. The van der Waals surface area contributed by atoms with Gasteiger partial charge in [0.1, 0.15) is 0 Å². The van der Waals surface area contributed by atoms with Gasteiger partial charge in [-0.1, -0.05) is 6.07 Å². The first kappa shape index (κ1) is 14.9. The third-order valence-corrected chi connectivity index (χ3v) is 5.58. The summed E-state index contributed by atoms with van der Waals surface area (Å²) in [5.41, 5.74) is 2.38. The van der Waals surface area contributed by atoms with E-state index in [2.05, 4.69) is 43.9 Å². The molecule has 0 aromatic heterocycles. The molecule has 0 spiro atoms. The Morgan fingerprint density at radius 2 is 2.19 bits per heavy atom. The van der Waals surface area contributed by atoms with E-state index in [1.807, 2.05) is 4.90 Å². The number of likely N-dealkylation sites (tertiary alicyclic amines) is 1. The molecule has 0 aliphatic carbocycles. The number of hydrogen-bond acceptors (Lipinski definition) is 3. The second-order valence-electron chi connectivity index (χ2n) is 6.51. The minimum Gasteiger partial charge on any atom is -0.310 e. The molecule has 3 rings (SSSR count). The zero-order valence-electron chi connectivity index (χ0n) is 13.1. The van der Waals surface area contributed by atoms with Gasteiger partial charge >= 0.3 is 0 Å². The lowest BCUT2D eigenvalue weighted by atomic mass is 10.1. The molecule has 0 unspecified atom stereocenters. The van der Waals surface area contributed by atoms with Crippen LogP contribution in [-0.4, -0.2) is 42.2 Å². The number of hydrogen-bond donors (Lipinski definition) is 0. The Hall–Kier alpha value is -1.00. The minimum absolute atomic E-state index is 0.263. The van der Waals surface area contributed by atoms with E-state index < -0.39 is 0 Å². The molecule has 2 heterocycles. The molecular formula is C17H24N2OS. The molecule has 1 aromatic carbocycles. The summed E-state index contributed by atoms with van der Waals surface area (Å²) in [6, 6.07) is 7.04. The predicted molar refractivity (Wildman–Crippen MR) is 89.1 cm³/mol. The smallest absolute Gasteiger partial charge is 0.237 e. The van der Waals surface area contributed by atoms with Gasteiger partial charge in [-0.25, -0.2) is 0 Å². The predicted octanol–water partition coefficient (Wildman–Crippen LogP) is 3.16. The van der Waals surface area contributed by atoms with Crippen LogP contribution in [0.2, 0.25) is 0 Å². The van der Waals surface area contributed by atoms with Gasteiger partial charge in [-0.15, -0.1) is 11.8 Å². The largest absolute Gasteiger partial charge is 0.310 e. The Labute approximate surface area is 131 Å². The summed E-state index contributed by atoms with van der Waals surface area (Å²) in [4.78, 5) is 18.1. The highest BCUT2D eigenvalue weighted by molar-refractivity contribution is 8.00. The van der Waals surface area contributed by atoms with Gasteiger partial charge in [-0.3, -0.25) is 4.79 Å². The molecule has 1 atom stereocenters. The molecule has 1 saturated heterocycles. The first-order chi connectivity index (χ1) is 10.0. The summed E-state index contributed by atoms with van der Waals surface area (Å²) >= 11 is 1.68. The Balaban J connectivity index is 1.75. The van der Waals surface area contributed by atoms with Crippen LogP contribution in [0.1, 0.15) is 25.8 Å². The number of carbonyl (C=O) groups excluding carboxylic acids is 1. The van der Waals surface area contributed by atoms with Crippen molar-refractivity contribution in [2.45, 2.75) is 38.1 Å². The van der Waals surface area contributed by atoms with Crippen LogP contribution in [0.3, 0.4) is 0 Å². The second-order valence-corrected chi connectivity index (χ2v) is 7.52. The molecule has 0 saturated carbocycles. The number of fused-ring (bicyclic) bond motifs is 1. The van der Waals surface area contributed by atoms with Crippen molar-refractivity contribution in [2.75, 3.05) is 30.3 Å². The van der Waals surface area contributed by atoms with E-state index in [4.69, 9.17) is 0 Å². The lowest BCUT2D eigenvalue weighted by molar-refractivity contribution is -0.116. The Morgan fingerprint density at radius 1 is 1.38 bits per heavy atom. The summed E-state index contributed by atoms with van der Waals surface area (Å²) in [5, 5.41) is 0. The maximum atomic E-state index is 12.3. The zero-order chi connectivity index (χ0) is 15.0. The van der Waals surface area contributed by atoms with Crippen molar-refractivity contribution in [3.8, 4) is 0 Å². The summed E-state index contributed by atoms with van der Waals surface area (Å²) in [5.74, 6) is 1.45. The monoisotopic (exact) mass is 304 g/mol. The van der Waals surface area contributed by atoms with Gasteiger partial charge in [0.15, 0.2) is 0 Å². The van der Waals surface area contributed by atoms with Crippen molar-refractivity contribution in [2.24, 2.45) is 5.92 Å². The number of benzene rings is 1. The van der Waals surface area contributed by atoms with Crippen LogP contribution in [0.5, 0.6) is 0 Å². The van der Waals surface area contributed by atoms with Crippen LogP contribution >= 0.6 is 11.8 Å². The van der Waals surface area contributed by atoms with E-state index in [1.54, 1.807) is 11.8 Å². The molecule has 0 radical (unpaired) electrons. The van der Waals surface area contributed by atoms with Gasteiger partial charge in [0, 0.05) is 24.0 Å². The van der Waals surface area contributed by atoms with Gasteiger partial charge in [-0.2, -0.15) is 0 Å². The highest BCUT2D eigenvalue weighted by atomic mass is 32.2. The summed E-state index contributed by atoms with van der Waals surface area (Å²) < 4.78 is 0. The molecule has 2 aliphatic rings. The highest BCUT2D eigenvalue weighted by Gasteiger charge is 2.31. The van der Waals surface area contributed by atoms with Crippen LogP contribution in [0, 0.1) is 12.8 Å². The molecule has 0 bridgehead atoms. The molecule has 2 aliphatic heterocycles. The van der Waals surface area contributed by atoms with E-state index >= 15 is 0 Å². The standard InChI is InChI=1S/C17H24N2OS/c1-12(2)18-7-6-14(9-18)10-19-15-5-4-13(3)8-16(15)21-11-17(19)20/h4-5,8,12,14H,6-7,9-11H2,1-3H3/t14-/m1/s1. The highest BCUT2D eigenvalue weighted by Crippen LogP contribution is 2.37. The second kappa shape index (κ2) is 6.01. The van der Waals surface area contributed by atoms with Crippen molar-refractivity contribution < 1.29 is 4.79 Å². The molecular weight excluding hydrogens is 280 g/mol. The van der Waals surface area contributed by atoms with Gasteiger partial charge in [0.2, 0.25) is 5.91 Å². The quantitative estimate of drug-likeness (QED) is 0.857. The number of carbonyl (C=O) groups is 1. The Kier molecular flexibility index (Phi) is 4.27. The summed E-state index contributed by atoms with van der Waals surface area (Å²) in [6.07, 6.45) is 1.20. The molecule has 21 heavy (non-hydrogen) atoms. The third kappa shape index (κ3) is 3.11. The number of aryl methyl sites for hydroxylation is 1. The normalized spacial score (nSPS) is 23.0. The molecule has 1 fully saturated rings. The number of nitrogens with zero attached hydrogens (tertiary/aromatic N) is 2. The van der Waals surface area contributed by atoms with Crippen molar-refractivity contribution >= 4 is 23.4 Å². The molecule has 114 valence electrons. The molecule has 3 nitrogen and oxygen atoms in total. The van der Waals surface area contributed by atoms with Crippen molar-refractivity contribution in [1.29, 1.82) is 0 Å². The number of amides is 1. The Morgan fingerprint density at radius 3 is 2.90 bits per heavy atom. The minimum atomic E-state index is 0.263. The average Bonchev–Trinajstić information content (AvgIpc) is 2.91. The first-order valence-corrected chi connectivity index (χ1v) is 8.81. The van der Waals surface area contributed by atoms with E-state index in [-0.39, 0.29) is 5.91 Å². The average molecular weight is 304 g/mol. The van der Waals surface area contributed by atoms with Gasteiger partial charge in [-0.05, 0) is 57.4 Å². The maximum Gasteiger partial charge on any atom is 0.237 e. The fourth-order valence-electron chi connectivity index (χ4n) is 3.25. The Bertz CT molecular complexity index is 544. The molecule has 1 amide bonds. The van der Waals surface area contributed by atoms with Crippen LogP contribution in [-0.2, 0) is 4.79 Å². The van der Waals surface area contributed by atoms with Crippen LogP contribution in [0.25, 0.3) is 0 Å². The van der Waals surface area contributed by atoms with Crippen molar-refractivity contribution in [3.63, 3.8) is 0 Å². The van der Waals surface area contributed by atoms with Crippen LogP contribution < -0.4 is 4.90 Å². The fourth-order valence-corrected chi connectivity index (χ4v) is 4.28. The fraction of sp³-hybridized carbons (Fsp3) is 0.588. The molecule has 1 aromatic rings. The number of anilines is 1. The van der Waals surface area contributed by atoms with Crippen molar-refractivity contribution in [1.82, 2.24) is 4.90 Å². The van der Waals surface area contributed by atoms with Gasteiger partial charge < -0.3 is 9.80 Å². The third-order valence-electron chi connectivity index (χ3n) is 4.55. The number of thioether (sulfide) groups is 1. The van der Waals surface area contributed by atoms with Crippen LogP contribution in [0.15, 0.2) is 23.1 Å². The van der Waals surface area contributed by atoms with Crippen molar-refractivity contribution in [3.05, 3.63) is 23.8 Å². The SMILES string of the molecule is Cc1ccc2c(c1)SCC(=O)N2C[C@@H]1CCN(C(C)C)C1. The zero-order valence-corrected chi connectivity index (χ0v) is 13.9. The number of rotatable bonds is 3. The van der Waals surface area contributed by atoms with Gasteiger partial charge in [0.25, 0.3) is 0 Å². The molecule has 0 N–H and O–H groups in total.